The summed E-state index contributed by atoms with van der Waals surface area (Å²) in [6, 6.07) is 16.1. The van der Waals surface area contributed by atoms with Gasteiger partial charge in [0.05, 0.1) is 38.3 Å². The van der Waals surface area contributed by atoms with Gasteiger partial charge >= 0.3 is 12.1 Å². The molecule has 0 saturated heterocycles. The maximum absolute atomic E-state index is 13.2. The molecule has 1 amide bonds. The van der Waals surface area contributed by atoms with Gasteiger partial charge in [0.25, 0.3) is 0 Å². The van der Waals surface area contributed by atoms with Gasteiger partial charge in [-0.15, -0.1) is 0 Å². The highest BCUT2D eigenvalue weighted by Crippen LogP contribution is 2.39. The van der Waals surface area contributed by atoms with E-state index in [4.69, 9.17) is 9.47 Å². The molecule has 0 saturated carbocycles. The predicted molar refractivity (Wildman–Crippen MR) is 136 cm³/mol. The molecular weight excluding hydrogens is 499 g/mol. The van der Waals surface area contributed by atoms with E-state index in [0.717, 1.165) is 12.1 Å². The highest BCUT2D eigenvalue weighted by Gasteiger charge is 2.31. The fourth-order valence-corrected chi connectivity index (χ4v) is 4.37. The molecule has 0 fully saturated rings. The van der Waals surface area contributed by atoms with Crippen LogP contribution in [0.3, 0.4) is 0 Å². The molecule has 0 aromatic heterocycles. The summed E-state index contributed by atoms with van der Waals surface area (Å²) in [5.41, 5.74) is 1.68. The van der Waals surface area contributed by atoms with Crippen LogP contribution in [-0.4, -0.2) is 42.1 Å². The van der Waals surface area contributed by atoms with E-state index in [1.165, 1.54) is 38.2 Å². The molecule has 0 bridgehead atoms. The summed E-state index contributed by atoms with van der Waals surface area (Å²) in [5.74, 6) is -0.507. The molecule has 0 radical (unpaired) electrons. The second-order valence-corrected chi connectivity index (χ2v) is 8.85. The minimum atomic E-state index is -4.51. The highest BCUT2D eigenvalue weighted by atomic mass is 19.4. The molecule has 38 heavy (non-hydrogen) atoms. The summed E-state index contributed by atoms with van der Waals surface area (Å²) in [5, 5.41) is 11.0. The van der Waals surface area contributed by atoms with Gasteiger partial charge in [-0.3, -0.25) is 9.59 Å². The minimum Gasteiger partial charge on any atom is -0.496 e. The number of methoxy groups -OCH3 is 2. The van der Waals surface area contributed by atoms with Gasteiger partial charge in [-0.2, -0.15) is 13.2 Å². The SMILES string of the molecule is COC(=O)Cc1ccc(OC)c(-c2ccc(C(F)(F)F)cc2)c1CN(C(C)=O)[C@@H](C)[C@@H](O)c1ccccc1. The molecule has 2 atom stereocenters. The van der Waals surface area contributed by atoms with Crippen LogP contribution in [0.2, 0.25) is 0 Å². The zero-order chi connectivity index (χ0) is 28.0. The molecule has 9 heteroatoms. The standard InChI is InChI=1S/C29H30F3NO5/c1-18(28(36)21-8-6-5-7-9-21)33(19(2)34)17-24-22(16-26(35)38-4)12-15-25(37-3)27(24)20-10-13-23(14-11-20)29(30,31)32/h5-15,18,28,36H,16-17H2,1-4H3/t18-,28+/m0/s1. The van der Waals surface area contributed by atoms with Crippen molar-refractivity contribution in [3.05, 3.63) is 89.0 Å². The van der Waals surface area contributed by atoms with Gasteiger partial charge in [-0.05, 0) is 47.4 Å². The van der Waals surface area contributed by atoms with Crippen molar-refractivity contribution in [2.75, 3.05) is 14.2 Å². The van der Waals surface area contributed by atoms with E-state index in [0.29, 0.717) is 33.6 Å². The molecule has 3 aromatic carbocycles. The largest absolute Gasteiger partial charge is 0.496 e. The van der Waals surface area contributed by atoms with Crippen molar-refractivity contribution in [3.63, 3.8) is 0 Å². The number of hydrogen-bond acceptors (Lipinski definition) is 5. The Kier molecular flexibility index (Phi) is 9.17. The maximum Gasteiger partial charge on any atom is 0.416 e. The van der Waals surface area contributed by atoms with E-state index >= 15 is 0 Å². The van der Waals surface area contributed by atoms with Crippen molar-refractivity contribution in [1.82, 2.24) is 4.90 Å². The van der Waals surface area contributed by atoms with Crippen molar-refractivity contribution >= 4 is 11.9 Å². The number of aliphatic hydroxyl groups excluding tert-OH is 1. The second-order valence-electron chi connectivity index (χ2n) is 8.85. The van der Waals surface area contributed by atoms with Crippen LogP contribution in [0.5, 0.6) is 5.75 Å². The number of amides is 1. The van der Waals surface area contributed by atoms with Gasteiger partial charge in [0.1, 0.15) is 5.75 Å². The third kappa shape index (κ3) is 6.52. The number of carbonyl (C=O) groups excluding carboxylic acids is 2. The lowest BCUT2D eigenvalue weighted by molar-refractivity contribution is -0.140. The zero-order valence-electron chi connectivity index (χ0n) is 21.6. The molecular formula is C29H30F3NO5. The zero-order valence-corrected chi connectivity index (χ0v) is 21.6. The number of nitrogens with zero attached hydrogens (tertiary/aromatic N) is 1. The van der Waals surface area contributed by atoms with Gasteiger partial charge in [0, 0.05) is 19.0 Å². The Bertz CT molecular complexity index is 1260. The van der Waals surface area contributed by atoms with Crippen LogP contribution in [0.25, 0.3) is 11.1 Å². The Morgan fingerprint density at radius 3 is 2.13 bits per heavy atom. The first-order chi connectivity index (χ1) is 18.0. The van der Waals surface area contributed by atoms with Crippen molar-refractivity contribution in [3.8, 4) is 16.9 Å². The van der Waals surface area contributed by atoms with Crippen LogP contribution in [0.1, 0.15) is 42.2 Å². The van der Waals surface area contributed by atoms with Crippen LogP contribution in [0, 0.1) is 0 Å². The quantitative estimate of drug-likeness (QED) is 0.367. The van der Waals surface area contributed by atoms with E-state index in [9.17, 15) is 27.9 Å². The average Bonchev–Trinajstić information content (AvgIpc) is 2.91. The third-order valence-corrected chi connectivity index (χ3v) is 6.48. The summed E-state index contributed by atoms with van der Waals surface area (Å²) < 4.78 is 50.0. The van der Waals surface area contributed by atoms with Gasteiger partial charge < -0.3 is 19.5 Å². The first-order valence-electron chi connectivity index (χ1n) is 11.9. The Morgan fingerprint density at radius 1 is 0.974 bits per heavy atom. The first-order valence-corrected chi connectivity index (χ1v) is 11.9. The molecule has 3 aromatic rings. The smallest absolute Gasteiger partial charge is 0.416 e. The van der Waals surface area contributed by atoms with Crippen molar-refractivity contribution in [2.45, 2.75) is 45.1 Å². The van der Waals surface area contributed by atoms with Crippen molar-refractivity contribution < 1.29 is 37.3 Å². The fraction of sp³-hybridized carbons (Fsp3) is 0.310. The molecule has 0 heterocycles. The van der Waals surface area contributed by atoms with E-state index in [2.05, 4.69) is 0 Å². The van der Waals surface area contributed by atoms with Gasteiger partial charge in [-0.1, -0.05) is 48.5 Å². The molecule has 0 aliphatic heterocycles. The van der Waals surface area contributed by atoms with Crippen LogP contribution in [-0.2, 0) is 33.5 Å². The number of aliphatic hydroxyl groups is 1. The van der Waals surface area contributed by atoms with Crippen LogP contribution in [0.15, 0.2) is 66.7 Å². The normalized spacial score (nSPS) is 12.9. The van der Waals surface area contributed by atoms with E-state index in [1.54, 1.807) is 43.3 Å². The molecule has 6 nitrogen and oxygen atoms in total. The molecule has 0 unspecified atom stereocenters. The Morgan fingerprint density at radius 2 is 1.61 bits per heavy atom. The number of carbonyl (C=O) groups is 2. The summed E-state index contributed by atoms with van der Waals surface area (Å²) in [4.78, 5) is 26.5. The van der Waals surface area contributed by atoms with Crippen LogP contribution in [0.4, 0.5) is 13.2 Å². The lowest BCUT2D eigenvalue weighted by Crippen LogP contribution is -2.40. The molecule has 0 spiro atoms. The van der Waals surface area contributed by atoms with Crippen molar-refractivity contribution in [2.24, 2.45) is 0 Å². The minimum absolute atomic E-state index is 0.0414. The number of hydrogen-bond donors (Lipinski definition) is 1. The summed E-state index contributed by atoms with van der Waals surface area (Å²) in [6.07, 6.45) is -5.65. The number of benzene rings is 3. The highest BCUT2D eigenvalue weighted by molar-refractivity contribution is 5.80. The van der Waals surface area contributed by atoms with Gasteiger partial charge in [0.15, 0.2) is 0 Å². The molecule has 202 valence electrons. The van der Waals surface area contributed by atoms with E-state index in [1.807, 2.05) is 6.07 Å². The molecule has 1 N–H and O–H groups in total. The van der Waals surface area contributed by atoms with Crippen molar-refractivity contribution in [1.29, 1.82) is 0 Å². The second kappa shape index (κ2) is 12.1. The average molecular weight is 530 g/mol. The van der Waals surface area contributed by atoms with Crippen LogP contribution < -0.4 is 4.74 Å². The Hall–Kier alpha value is -3.85. The number of rotatable bonds is 9. The number of ether oxygens (including phenoxy) is 2. The summed E-state index contributed by atoms with van der Waals surface area (Å²) in [6.45, 7) is 3.03. The summed E-state index contributed by atoms with van der Waals surface area (Å²) in [7, 11) is 2.68. The Balaban J connectivity index is 2.16. The predicted octanol–water partition coefficient (Wildman–Crippen LogP) is 5.57. The van der Waals surface area contributed by atoms with E-state index < -0.39 is 29.9 Å². The molecule has 3 rings (SSSR count). The fourth-order valence-electron chi connectivity index (χ4n) is 4.37. The van der Waals surface area contributed by atoms with E-state index in [-0.39, 0.29) is 18.9 Å². The van der Waals surface area contributed by atoms with Crippen LogP contribution >= 0.6 is 0 Å². The summed E-state index contributed by atoms with van der Waals surface area (Å²) >= 11 is 0. The molecule has 0 aliphatic carbocycles. The number of halogens is 3. The van der Waals surface area contributed by atoms with Gasteiger partial charge in [0.2, 0.25) is 5.91 Å². The number of esters is 1. The third-order valence-electron chi connectivity index (χ3n) is 6.48. The lowest BCUT2D eigenvalue weighted by atomic mass is 9.91. The van der Waals surface area contributed by atoms with Gasteiger partial charge in [-0.25, -0.2) is 0 Å². The maximum atomic E-state index is 13.2. The topological polar surface area (TPSA) is 76.1 Å². The first kappa shape index (κ1) is 28.7. The molecule has 0 aliphatic rings. The lowest BCUT2D eigenvalue weighted by Gasteiger charge is -2.33. The monoisotopic (exact) mass is 529 g/mol. The number of alkyl halides is 3. The Labute approximate surface area is 219 Å².